The van der Waals surface area contributed by atoms with E-state index in [-0.39, 0.29) is 24.0 Å². The lowest BCUT2D eigenvalue weighted by Crippen LogP contribution is -2.52. The molecule has 94 valence electrons. The van der Waals surface area contributed by atoms with Crippen LogP contribution in [0.25, 0.3) is 0 Å². The van der Waals surface area contributed by atoms with Gasteiger partial charge in [-0.1, -0.05) is 13.3 Å². The van der Waals surface area contributed by atoms with Crippen LogP contribution in [0.5, 0.6) is 0 Å². The van der Waals surface area contributed by atoms with Crippen LogP contribution in [0.3, 0.4) is 0 Å². The van der Waals surface area contributed by atoms with E-state index in [1.807, 2.05) is 6.92 Å². The molecule has 1 aliphatic rings. The van der Waals surface area contributed by atoms with E-state index in [0.717, 1.165) is 38.8 Å². The highest BCUT2D eigenvalue weighted by Crippen LogP contribution is 2.31. The minimum Gasteiger partial charge on any atom is -0.394 e. The molecule has 3 N–H and O–H groups in total. The first kappa shape index (κ1) is 13.5. The predicted molar refractivity (Wildman–Crippen MR) is 64.1 cm³/mol. The largest absolute Gasteiger partial charge is 0.394 e. The van der Waals surface area contributed by atoms with E-state index in [1.54, 1.807) is 0 Å². The van der Waals surface area contributed by atoms with Crippen LogP contribution in [0.4, 0.5) is 0 Å². The van der Waals surface area contributed by atoms with Gasteiger partial charge >= 0.3 is 0 Å². The normalized spacial score (nSPS) is 27.4. The molecule has 4 nitrogen and oxygen atoms in total. The van der Waals surface area contributed by atoms with Crippen molar-refractivity contribution in [2.45, 2.75) is 45.6 Å². The number of aliphatic hydroxyl groups is 1. The van der Waals surface area contributed by atoms with Gasteiger partial charge in [-0.15, -0.1) is 0 Å². The molecule has 1 heterocycles. The van der Waals surface area contributed by atoms with E-state index in [2.05, 4.69) is 17.6 Å². The molecule has 1 aliphatic heterocycles. The van der Waals surface area contributed by atoms with Crippen molar-refractivity contribution >= 4 is 5.91 Å². The van der Waals surface area contributed by atoms with Crippen molar-refractivity contribution in [2.75, 3.05) is 19.7 Å². The summed E-state index contributed by atoms with van der Waals surface area (Å²) in [5.41, 5.74) is -0.254. The molecule has 0 radical (unpaired) electrons. The third-order valence-corrected chi connectivity index (χ3v) is 3.33. The SMILES string of the molecule is CCCC1(C(=O)N[C@@H](C)CO)CCCNC1. The minimum atomic E-state index is -0.254. The Morgan fingerprint density at radius 2 is 2.38 bits per heavy atom. The van der Waals surface area contributed by atoms with Crippen LogP contribution < -0.4 is 10.6 Å². The number of nitrogens with one attached hydrogen (secondary N) is 2. The van der Waals surface area contributed by atoms with Crippen molar-refractivity contribution in [3.63, 3.8) is 0 Å². The third kappa shape index (κ3) is 3.19. The number of hydrogen-bond acceptors (Lipinski definition) is 3. The van der Waals surface area contributed by atoms with E-state index >= 15 is 0 Å². The Bertz CT molecular complexity index is 220. The molecule has 0 saturated carbocycles. The first-order chi connectivity index (χ1) is 7.64. The first-order valence-corrected chi connectivity index (χ1v) is 6.27. The maximum Gasteiger partial charge on any atom is 0.227 e. The Morgan fingerprint density at radius 3 is 2.88 bits per heavy atom. The zero-order chi connectivity index (χ0) is 12.0. The molecule has 0 aliphatic carbocycles. The second kappa shape index (κ2) is 6.21. The fourth-order valence-electron chi connectivity index (χ4n) is 2.39. The number of aliphatic hydroxyl groups excluding tert-OH is 1. The molecule has 0 spiro atoms. The molecule has 1 rings (SSSR count). The summed E-state index contributed by atoms with van der Waals surface area (Å²) in [7, 11) is 0. The van der Waals surface area contributed by atoms with Crippen LogP contribution in [-0.2, 0) is 4.79 Å². The summed E-state index contributed by atoms with van der Waals surface area (Å²) in [6.45, 7) is 5.72. The van der Waals surface area contributed by atoms with Crippen LogP contribution in [0.15, 0.2) is 0 Å². The van der Waals surface area contributed by atoms with Crippen molar-refractivity contribution in [3.8, 4) is 0 Å². The predicted octanol–water partition coefficient (Wildman–Crippen LogP) is 0.653. The fourth-order valence-corrected chi connectivity index (χ4v) is 2.39. The van der Waals surface area contributed by atoms with Crippen LogP contribution in [0.1, 0.15) is 39.5 Å². The average molecular weight is 228 g/mol. The lowest BCUT2D eigenvalue weighted by molar-refractivity contribution is -0.133. The molecule has 0 aromatic carbocycles. The van der Waals surface area contributed by atoms with E-state index in [4.69, 9.17) is 5.11 Å². The van der Waals surface area contributed by atoms with Crippen LogP contribution in [0, 0.1) is 5.41 Å². The number of piperidine rings is 1. The highest BCUT2D eigenvalue weighted by atomic mass is 16.3. The molecule has 0 aromatic heterocycles. The molecular weight excluding hydrogens is 204 g/mol. The van der Waals surface area contributed by atoms with Gasteiger partial charge in [0.1, 0.15) is 0 Å². The van der Waals surface area contributed by atoms with Crippen LogP contribution >= 0.6 is 0 Å². The Kier molecular flexibility index (Phi) is 5.22. The smallest absolute Gasteiger partial charge is 0.227 e. The molecule has 0 bridgehead atoms. The highest BCUT2D eigenvalue weighted by molar-refractivity contribution is 5.83. The van der Waals surface area contributed by atoms with Gasteiger partial charge in [-0.05, 0) is 32.7 Å². The second-order valence-electron chi connectivity index (χ2n) is 4.87. The summed E-state index contributed by atoms with van der Waals surface area (Å²) in [5.74, 6) is 0.100. The Balaban J connectivity index is 2.64. The van der Waals surface area contributed by atoms with Gasteiger partial charge in [-0.25, -0.2) is 0 Å². The van der Waals surface area contributed by atoms with Gasteiger partial charge in [0, 0.05) is 12.6 Å². The lowest BCUT2D eigenvalue weighted by atomic mass is 9.76. The Hall–Kier alpha value is -0.610. The van der Waals surface area contributed by atoms with Crippen molar-refractivity contribution in [1.82, 2.24) is 10.6 Å². The average Bonchev–Trinajstić information content (AvgIpc) is 2.30. The zero-order valence-corrected chi connectivity index (χ0v) is 10.4. The van der Waals surface area contributed by atoms with Crippen molar-refractivity contribution in [3.05, 3.63) is 0 Å². The summed E-state index contributed by atoms with van der Waals surface area (Å²) in [6.07, 6.45) is 3.95. The number of rotatable bonds is 5. The number of carbonyl (C=O) groups excluding carboxylic acids is 1. The fraction of sp³-hybridized carbons (Fsp3) is 0.917. The summed E-state index contributed by atoms with van der Waals surface area (Å²) >= 11 is 0. The molecule has 1 fully saturated rings. The first-order valence-electron chi connectivity index (χ1n) is 6.27. The molecule has 4 heteroatoms. The van der Waals surface area contributed by atoms with Crippen molar-refractivity contribution < 1.29 is 9.90 Å². The molecule has 0 aromatic rings. The summed E-state index contributed by atoms with van der Waals surface area (Å²) < 4.78 is 0. The Morgan fingerprint density at radius 1 is 1.62 bits per heavy atom. The van der Waals surface area contributed by atoms with Crippen LogP contribution in [0.2, 0.25) is 0 Å². The summed E-state index contributed by atoms with van der Waals surface area (Å²) in [5, 5.41) is 15.2. The third-order valence-electron chi connectivity index (χ3n) is 3.33. The lowest BCUT2D eigenvalue weighted by Gasteiger charge is -2.37. The van der Waals surface area contributed by atoms with E-state index < -0.39 is 0 Å². The van der Waals surface area contributed by atoms with Gasteiger partial charge in [-0.2, -0.15) is 0 Å². The number of carbonyl (C=O) groups is 1. The number of amides is 1. The zero-order valence-electron chi connectivity index (χ0n) is 10.4. The molecule has 2 atom stereocenters. The van der Waals surface area contributed by atoms with Crippen molar-refractivity contribution in [2.24, 2.45) is 5.41 Å². The van der Waals surface area contributed by atoms with E-state index in [9.17, 15) is 4.79 Å². The molecule has 16 heavy (non-hydrogen) atoms. The van der Waals surface area contributed by atoms with Gasteiger partial charge in [0.05, 0.1) is 12.0 Å². The van der Waals surface area contributed by atoms with Gasteiger partial charge < -0.3 is 15.7 Å². The van der Waals surface area contributed by atoms with Gasteiger partial charge in [0.2, 0.25) is 5.91 Å². The monoisotopic (exact) mass is 228 g/mol. The summed E-state index contributed by atoms with van der Waals surface area (Å²) in [6, 6.07) is -0.150. The van der Waals surface area contributed by atoms with E-state index in [0.29, 0.717) is 0 Å². The van der Waals surface area contributed by atoms with Crippen LogP contribution in [-0.4, -0.2) is 36.8 Å². The summed E-state index contributed by atoms with van der Waals surface area (Å²) in [4.78, 5) is 12.2. The minimum absolute atomic E-state index is 0.00136. The standard InChI is InChI=1S/C12H24N2O2/c1-3-5-12(6-4-7-13-9-12)11(16)14-10(2)8-15/h10,13,15H,3-9H2,1-2H3,(H,14,16)/t10-,12?/m0/s1. The molecule has 1 amide bonds. The van der Waals surface area contributed by atoms with Crippen molar-refractivity contribution in [1.29, 1.82) is 0 Å². The van der Waals surface area contributed by atoms with E-state index in [1.165, 1.54) is 0 Å². The van der Waals surface area contributed by atoms with Gasteiger partial charge in [0.25, 0.3) is 0 Å². The molecule has 1 unspecified atom stereocenters. The van der Waals surface area contributed by atoms with Gasteiger partial charge in [0.15, 0.2) is 0 Å². The maximum absolute atomic E-state index is 12.2. The molecule has 1 saturated heterocycles. The highest BCUT2D eigenvalue weighted by Gasteiger charge is 2.38. The Labute approximate surface area is 97.8 Å². The topological polar surface area (TPSA) is 61.4 Å². The maximum atomic E-state index is 12.2. The quantitative estimate of drug-likeness (QED) is 0.647. The second-order valence-corrected chi connectivity index (χ2v) is 4.87. The molecular formula is C12H24N2O2. The number of hydrogen-bond donors (Lipinski definition) is 3. The van der Waals surface area contributed by atoms with Gasteiger partial charge in [-0.3, -0.25) is 4.79 Å².